The molecule has 2 unspecified atom stereocenters. The van der Waals surface area contributed by atoms with Crippen LogP contribution in [0.1, 0.15) is 71.9 Å². The van der Waals surface area contributed by atoms with Crippen molar-refractivity contribution in [1.82, 2.24) is 15.1 Å². The van der Waals surface area contributed by atoms with E-state index in [0.717, 1.165) is 47.3 Å². The lowest BCUT2D eigenvalue weighted by atomic mass is 9.82. The van der Waals surface area contributed by atoms with Gasteiger partial charge in [0.15, 0.2) is 0 Å². The number of primary amides is 1. The van der Waals surface area contributed by atoms with Crippen molar-refractivity contribution in [1.29, 1.82) is 0 Å². The molecule has 6 rings (SSSR count). The minimum Gasteiger partial charge on any atom is -0.493 e. The van der Waals surface area contributed by atoms with Crippen molar-refractivity contribution < 1.29 is 23.5 Å². The van der Waals surface area contributed by atoms with Crippen LogP contribution >= 0.6 is 0 Å². The number of halogens is 1. The van der Waals surface area contributed by atoms with Crippen LogP contribution in [0.3, 0.4) is 0 Å². The van der Waals surface area contributed by atoms with Crippen LogP contribution in [0.25, 0.3) is 5.57 Å². The first kappa shape index (κ1) is 34.4. The fourth-order valence-electron chi connectivity index (χ4n) is 7.16. The van der Waals surface area contributed by atoms with E-state index in [2.05, 4.69) is 62.5 Å². The Labute approximate surface area is 288 Å². The van der Waals surface area contributed by atoms with Crippen LogP contribution in [0.5, 0.6) is 5.75 Å². The Balaban J connectivity index is 1.25. The molecule has 3 N–H and O–H groups in total. The number of benzene rings is 3. The number of hydrogen-bond donors (Lipinski definition) is 2. The summed E-state index contributed by atoms with van der Waals surface area (Å²) in [6, 6.07) is 18.9. The quantitative estimate of drug-likeness (QED) is 0.249. The summed E-state index contributed by atoms with van der Waals surface area (Å²) in [5.74, 6) is 0.0202. The van der Waals surface area contributed by atoms with Gasteiger partial charge in [-0.05, 0) is 92.0 Å². The van der Waals surface area contributed by atoms with E-state index >= 15 is 0 Å². The topological polar surface area (TPSA) is 105 Å². The second-order valence-corrected chi connectivity index (χ2v) is 13.9. The summed E-state index contributed by atoms with van der Waals surface area (Å²) in [6.45, 7) is 7.87. The van der Waals surface area contributed by atoms with Gasteiger partial charge in [0.1, 0.15) is 11.6 Å². The highest BCUT2D eigenvalue weighted by molar-refractivity contribution is 6.03. The van der Waals surface area contributed by atoms with Crippen molar-refractivity contribution in [3.8, 4) is 5.75 Å². The Kier molecular flexibility index (Phi) is 10.5. The maximum atomic E-state index is 14.8. The summed E-state index contributed by atoms with van der Waals surface area (Å²) in [7, 11) is 0. The van der Waals surface area contributed by atoms with Crippen molar-refractivity contribution in [3.05, 3.63) is 105 Å². The lowest BCUT2D eigenvalue weighted by Gasteiger charge is -2.45. The average molecular weight is 667 g/mol. The minimum absolute atomic E-state index is 0.0274. The molecular weight excluding hydrogens is 619 g/mol. The highest BCUT2D eigenvalue weighted by Gasteiger charge is 2.43. The van der Waals surface area contributed by atoms with Crippen molar-refractivity contribution >= 4 is 23.3 Å². The summed E-state index contributed by atoms with van der Waals surface area (Å²) in [4.78, 5) is 42.8. The van der Waals surface area contributed by atoms with E-state index in [1.807, 2.05) is 9.80 Å². The monoisotopic (exact) mass is 666 g/mol. The molecule has 2 fully saturated rings. The Morgan fingerprint density at radius 2 is 1.76 bits per heavy atom. The van der Waals surface area contributed by atoms with E-state index in [1.54, 1.807) is 18.2 Å². The van der Waals surface area contributed by atoms with Crippen LogP contribution in [0.2, 0.25) is 0 Å². The third-order valence-electron chi connectivity index (χ3n) is 10.1. The number of hydrogen-bond acceptors (Lipinski definition) is 5. The molecule has 3 aliphatic rings. The number of ether oxygens (including phenoxy) is 1. The van der Waals surface area contributed by atoms with Crippen LogP contribution in [-0.4, -0.2) is 65.3 Å². The minimum atomic E-state index is -0.421. The molecule has 0 aromatic heterocycles. The third-order valence-corrected chi connectivity index (χ3v) is 10.1. The number of carbonyl (C=O) groups is 3. The van der Waals surface area contributed by atoms with Gasteiger partial charge >= 0.3 is 0 Å². The molecule has 9 heteroatoms. The summed E-state index contributed by atoms with van der Waals surface area (Å²) in [5, 5.41) is 3.64. The Morgan fingerprint density at radius 3 is 2.47 bits per heavy atom. The largest absolute Gasteiger partial charge is 0.493 e. The summed E-state index contributed by atoms with van der Waals surface area (Å²) >= 11 is 0. The van der Waals surface area contributed by atoms with Crippen LogP contribution in [0.15, 0.2) is 66.2 Å². The number of aryl methyl sites for hydroxylation is 2. The fraction of sp³-hybridized carbons (Fsp3) is 0.425. The third kappa shape index (κ3) is 8.21. The first-order valence-corrected chi connectivity index (χ1v) is 17.5. The maximum Gasteiger partial charge on any atom is 0.252 e. The fourth-order valence-corrected chi connectivity index (χ4v) is 7.16. The zero-order valence-electron chi connectivity index (χ0n) is 28.8. The first-order valence-electron chi connectivity index (χ1n) is 17.5. The van der Waals surface area contributed by atoms with E-state index in [-0.39, 0.29) is 55.1 Å². The molecule has 3 aromatic rings. The van der Waals surface area contributed by atoms with Crippen molar-refractivity contribution in [2.75, 3.05) is 19.7 Å². The number of fused-ring (bicyclic) bond motifs is 2. The van der Waals surface area contributed by atoms with Gasteiger partial charge in [0.2, 0.25) is 11.8 Å². The second kappa shape index (κ2) is 14.9. The second-order valence-electron chi connectivity index (χ2n) is 13.9. The molecule has 1 aliphatic carbocycles. The van der Waals surface area contributed by atoms with Crippen LogP contribution in [-0.2, 0) is 27.3 Å². The molecule has 2 atom stereocenters. The van der Waals surface area contributed by atoms with Gasteiger partial charge in [-0.2, -0.15) is 0 Å². The SMILES string of the molecule is Cc1cc(C)c(C)c(OCCc2ccc(C3=C(C(=O)N(Cc4ccccc4F)C4CC4)C4CN(C(=O)CCCC(N)=O)CC(C3)N4)cc2)c1. The number of piperazine rings is 1. The van der Waals surface area contributed by atoms with E-state index in [9.17, 15) is 18.8 Å². The van der Waals surface area contributed by atoms with Crippen molar-refractivity contribution in [3.63, 3.8) is 0 Å². The highest BCUT2D eigenvalue weighted by atomic mass is 19.1. The highest BCUT2D eigenvalue weighted by Crippen LogP contribution is 2.38. The van der Waals surface area contributed by atoms with Gasteiger partial charge in [0.25, 0.3) is 5.91 Å². The van der Waals surface area contributed by atoms with Crippen molar-refractivity contribution in [2.45, 2.75) is 90.4 Å². The predicted octanol–water partition coefficient (Wildman–Crippen LogP) is 5.55. The Bertz CT molecular complexity index is 1750. The van der Waals surface area contributed by atoms with Gasteiger partial charge in [-0.15, -0.1) is 0 Å². The predicted molar refractivity (Wildman–Crippen MR) is 188 cm³/mol. The van der Waals surface area contributed by atoms with Gasteiger partial charge < -0.3 is 25.6 Å². The van der Waals surface area contributed by atoms with Crippen LogP contribution in [0.4, 0.5) is 4.39 Å². The number of rotatable bonds is 13. The molecule has 0 radical (unpaired) electrons. The smallest absolute Gasteiger partial charge is 0.252 e. The molecular formula is C40H47FN4O4. The average Bonchev–Trinajstić information content (AvgIpc) is 3.91. The Morgan fingerprint density at radius 1 is 1.00 bits per heavy atom. The van der Waals surface area contributed by atoms with Crippen molar-refractivity contribution in [2.24, 2.45) is 5.73 Å². The number of nitrogens with one attached hydrogen (secondary N) is 1. The van der Waals surface area contributed by atoms with Gasteiger partial charge in [-0.1, -0.05) is 48.5 Å². The number of nitrogens with zero attached hydrogens (tertiary/aromatic N) is 2. The van der Waals surface area contributed by atoms with Crippen LogP contribution < -0.4 is 15.8 Å². The van der Waals surface area contributed by atoms with E-state index in [4.69, 9.17) is 10.5 Å². The zero-order chi connectivity index (χ0) is 34.7. The Hall–Kier alpha value is -4.50. The lowest BCUT2D eigenvalue weighted by Crippen LogP contribution is -2.62. The zero-order valence-corrected chi connectivity index (χ0v) is 28.8. The van der Waals surface area contributed by atoms with Gasteiger partial charge in [0.05, 0.1) is 12.6 Å². The molecule has 1 saturated heterocycles. The molecule has 3 amide bonds. The number of amides is 3. The standard InChI is InChI=1S/C40H47FN4O4/c1-25-19-26(2)27(3)36(20-25)49-18-17-28-11-13-29(14-12-28)33-21-31-23-44(38(47)10-6-9-37(42)46)24-35(43-31)39(33)40(48)45(32-15-16-32)22-30-7-4-5-8-34(30)41/h4-5,7-8,11-14,19-20,31-32,35,43H,6,9-10,15-18,21-24H2,1-3H3,(H2,42,46). The first-order chi connectivity index (χ1) is 23.6. The summed E-state index contributed by atoms with van der Waals surface area (Å²) in [6.07, 6.45) is 3.89. The lowest BCUT2D eigenvalue weighted by molar-refractivity contribution is -0.134. The van der Waals surface area contributed by atoms with E-state index < -0.39 is 5.91 Å². The molecule has 2 bridgehead atoms. The van der Waals surface area contributed by atoms with Crippen LogP contribution in [0, 0.1) is 26.6 Å². The summed E-state index contributed by atoms with van der Waals surface area (Å²) < 4.78 is 21.0. The molecule has 2 heterocycles. The molecule has 3 aromatic carbocycles. The van der Waals surface area contributed by atoms with Gasteiger partial charge in [0, 0.05) is 62.1 Å². The summed E-state index contributed by atoms with van der Waals surface area (Å²) in [5.41, 5.74) is 13.1. The van der Waals surface area contributed by atoms with Gasteiger partial charge in [-0.3, -0.25) is 14.4 Å². The van der Waals surface area contributed by atoms with Gasteiger partial charge in [-0.25, -0.2) is 4.39 Å². The molecule has 49 heavy (non-hydrogen) atoms. The normalized spacial score (nSPS) is 18.7. The molecule has 0 spiro atoms. The molecule has 1 saturated carbocycles. The number of carbonyl (C=O) groups excluding carboxylic acids is 3. The van der Waals surface area contributed by atoms with E-state index in [0.29, 0.717) is 43.7 Å². The molecule has 8 nitrogen and oxygen atoms in total. The number of nitrogens with two attached hydrogens (primary N) is 1. The van der Waals surface area contributed by atoms with E-state index in [1.165, 1.54) is 17.2 Å². The molecule has 2 aliphatic heterocycles. The maximum absolute atomic E-state index is 14.8. The molecule has 258 valence electrons.